The molecule has 170 valence electrons. The van der Waals surface area contributed by atoms with Crippen LogP contribution in [0.5, 0.6) is 0 Å². The summed E-state index contributed by atoms with van der Waals surface area (Å²) in [5, 5.41) is 2.99. The molecule has 31 heavy (non-hydrogen) atoms. The monoisotopic (exact) mass is 427 g/mol. The Morgan fingerprint density at radius 2 is 1.77 bits per heavy atom. The van der Waals surface area contributed by atoms with Gasteiger partial charge in [0, 0.05) is 18.1 Å². The fourth-order valence-electron chi connectivity index (χ4n) is 3.25. The first-order chi connectivity index (χ1) is 14.6. The Labute approximate surface area is 186 Å². The van der Waals surface area contributed by atoms with Crippen molar-refractivity contribution in [3.8, 4) is 0 Å². The van der Waals surface area contributed by atoms with Gasteiger partial charge in [-0.05, 0) is 65.2 Å². The van der Waals surface area contributed by atoms with Crippen LogP contribution in [0.15, 0.2) is 46.9 Å². The highest BCUT2D eigenvalue weighted by molar-refractivity contribution is 5.84. The summed E-state index contributed by atoms with van der Waals surface area (Å²) in [4.78, 5) is 29.6. The van der Waals surface area contributed by atoms with Crippen molar-refractivity contribution in [2.24, 2.45) is 0 Å². The molecule has 1 aromatic carbocycles. The first kappa shape index (κ1) is 24.5. The molecule has 1 aromatic heterocycles. The van der Waals surface area contributed by atoms with Gasteiger partial charge in [0.1, 0.15) is 18.1 Å². The third kappa shape index (κ3) is 8.12. The average Bonchev–Trinajstić information content (AvgIpc) is 3.12. The number of hydrogen-bond acceptors (Lipinski definition) is 3. The summed E-state index contributed by atoms with van der Waals surface area (Å²) in [5.74, 6) is 1.47. The van der Waals surface area contributed by atoms with Crippen molar-refractivity contribution < 1.29 is 14.0 Å². The third-order valence-corrected chi connectivity index (χ3v) is 5.18. The molecule has 0 saturated carbocycles. The van der Waals surface area contributed by atoms with Crippen molar-refractivity contribution in [2.75, 3.05) is 13.1 Å². The SMILES string of the molecule is CCC(C)N(CC(=O)N(CCc1ccccc1)Cc1ccc(C)o1)C(=O)NC(C)(C)C. The number of furan rings is 1. The Kier molecular flexibility index (Phi) is 8.72. The Bertz CT molecular complexity index is 839. The number of benzene rings is 1. The number of amides is 3. The zero-order valence-electron chi connectivity index (χ0n) is 19.8. The van der Waals surface area contributed by atoms with Gasteiger partial charge in [0.05, 0.1) is 6.54 Å². The van der Waals surface area contributed by atoms with Gasteiger partial charge in [-0.2, -0.15) is 0 Å². The molecule has 6 heteroatoms. The van der Waals surface area contributed by atoms with E-state index in [0.29, 0.717) is 13.1 Å². The lowest BCUT2D eigenvalue weighted by Crippen LogP contribution is -2.54. The smallest absolute Gasteiger partial charge is 0.318 e. The van der Waals surface area contributed by atoms with E-state index in [4.69, 9.17) is 4.42 Å². The minimum Gasteiger partial charge on any atom is -0.464 e. The molecule has 2 rings (SSSR count). The summed E-state index contributed by atoms with van der Waals surface area (Å²) in [6.45, 7) is 12.7. The standard InChI is InChI=1S/C25H37N3O3/c1-7-19(2)28(24(30)26-25(4,5)6)18-23(29)27(17-22-14-13-20(3)31-22)16-15-21-11-9-8-10-12-21/h8-14,19H,7,15-18H2,1-6H3,(H,26,30). The topological polar surface area (TPSA) is 65.8 Å². The molecule has 0 spiro atoms. The van der Waals surface area contributed by atoms with Crippen molar-refractivity contribution in [2.45, 2.75) is 72.5 Å². The third-order valence-electron chi connectivity index (χ3n) is 5.18. The van der Waals surface area contributed by atoms with E-state index < -0.39 is 0 Å². The molecule has 0 bridgehead atoms. The zero-order valence-corrected chi connectivity index (χ0v) is 19.8. The number of rotatable bonds is 9. The van der Waals surface area contributed by atoms with Crippen LogP contribution >= 0.6 is 0 Å². The number of nitrogens with zero attached hydrogens (tertiary/aromatic N) is 2. The normalized spacial score (nSPS) is 12.3. The van der Waals surface area contributed by atoms with Gasteiger partial charge in [-0.1, -0.05) is 37.3 Å². The fraction of sp³-hybridized carbons (Fsp3) is 0.520. The number of nitrogens with one attached hydrogen (secondary N) is 1. The van der Waals surface area contributed by atoms with E-state index in [0.717, 1.165) is 24.4 Å². The Balaban J connectivity index is 2.16. The van der Waals surface area contributed by atoms with E-state index in [9.17, 15) is 9.59 Å². The molecule has 0 aliphatic heterocycles. The molecule has 2 aromatic rings. The van der Waals surface area contributed by atoms with Crippen molar-refractivity contribution in [3.63, 3.8) is 0 Å². The van der Waals surface area contributed by atoms with Crippen LogP contribution in [0.1, 0.15) is 58.1 Å². The molecule has 1 unspecified atom stereocenters. The van der Waals surface area contributed by atoms with Gasteiger partial charge < -0.3 is 19.5 Å². The van der Waals surface area contributed by atoms with Crippen molar-refractivity contribution in [1.82, 2.24) is 15.1 Å². The molecule has 1 atom stereocenters. The minimum atomic E-state index is -0.371. The first-order valence-electron chi connectivity index (χ1n) is 11.0. The summed E-state index contributed by atoms with van der Waals surface area (Å²) in [5.41, 5.74) is 0.796. The van der Waals surface area contributed by atoms with Crippen LogP contribution in [0.4, 0.5) is 4.79 Å². The maximum Gasteiger partial charge on any atom is 0.318 e. The number of hydrogen-bond donors (Lipinski definition) is 1. The van der Waals surface area contributed by atoms with Gasteiger partial charge in [-0.25, -0.2) is 4.79 Å². The van der Waals surface area contributed by atoms with Crippen LogP contribution in [-0.4, -0.2) is 46.4 Å². The van der Waals surface area contributed by atoms with Crippen LogP contribution in [-0.2, 0) is 17.8 Å². The lowest BCUT2D eigenvalue weighted by Gasteiger charge is -2.33. The Hall–Kier alpha value is -2.76. The highest BCUT2D eigenvalue weighted by Gasteiger charge is 2.27. The summed E-state index contributed by atoms with van der Waals surface area (Å²) in [6.07, 6.45) is 1.51. The number of urea groups is 1. The number of carbonyl (C=O) groups excluding carboxylic acids is 2. The van der Waals surface area contributed by atoms with Crippen LogP contribution in [0.3, 0.4) is 0 Å². The van der Waals surface area contributed by atoms with Gasteiger partial charge in [0.15, 0.2) is 0 Å². The maximum atomic E-state index is 13.3. The molecular formula is C25H37N3O3. The largest absolute Gasteiger partial charge is 0.464 e. The highest BCUT2D eigenvalue weighted by atomic mass is 16.3. The van der Waals surface area contributed by atoms with Crippen LogP contribution < -0.4 is 5.32 Å². The van der Waals surface area contributed by atoms with Gasteiger partial charge in [-0.3, -0.25) is 4.79 Å². The Morgan fingerprint density at radius 1 is 1.10 bits per heavy atom. The van der Waals surface area contributed by atoms with Crippen molar-refractivity contribution >= 4 is 11.9 Å². The summed E-state index contributed by atoms with van der Waals surface area (Å²) < 4.78 is 5.72. The van der Waals surface area contributed by atoms with Crippen molar-refractivity contribution in [1.29, 1.82) is 0 Å². The van der Waals surface area contributed by atoms with E-state index in [2.05, 4.69) is 17.4 Å². The second-order valence-corrected chi connectivity index (χ2v) is 9.13. The minimum absolute atomic E-state index is 0.0331. The number of carbonyl (C=O) groups is 2. The molecule has 3 amide bonds. The highest BCUT2D eigenvalue weighted by Crippen LogP contribution is 2.14. The van der Waals surface area contributed by atoms with E-state index in [1.54, 1.807) is 9.80 Å². The predicted molar refractivity (Wildman–Crippen MR) is 124 cm³/mol. The molecule has 6 nitrogen and oxygen atoms in total. The second kappa shape index (κ2) is 11.0. The van der Waals surface area contributed by atoms with E-state index in [-0.39, 0.29) is 30.1 Å². The molecule has 1 N–H and O–H groups in total. The van der Waals surface area contributed by atoms with Crippen LogP contribution in [0.25, 0.3) is 0 Å². The lowest BCUT2D eigenvalue weighted by molar-refractivity contribution is -0.133. The summed E-state index contributed by atoms with van der Waals surface area (Å²) in [6, 6.07) is 13.6. The molecule has 0 radical (unpaired) electrons. The first-order valence-corrected chi connectivity index (χ1v) is 11.0. The number of aryl methyl sites for hydroxylation is 1. The quantitative estimate of drug-likeness (QED) is 0.627. The molecular weight excluding hydrogens is 390 g/mol. The second-order valence-electron chi connectivity index (χ2n) is 9.13. The van der Waals surface area contributed by atoms with Crippen LogP contribution in [0.2, 0.25) is 0 Å². The predicted octanol–water partition coefficient (Wildman–Crippen LogP) is 4.77. The average molecular weight is 428 g/mol. The van der Waals surface area contributed by atoms with Crippen molar-refractivity contribution in [3.05, 3.63) is 59.5 Å². The molecule has 0 aliphatic rings. The molecule has 0 saturated heterocycles. The lowest BCUT2D eigenvalue weighted by atomic mass is 10.1. The zero-order chi connectivity index (χ0) is 23.0. The van der Waals surface area contributed by atoms with E-state index in [1.807, 2.05) is 71.9 Å². The summed E-state index contributed by atoms with van der Waals surface area (Å²) >= 11 is 0. The molecule has 0 fully saturated rings. The van der Waals surface area contributed by atoms with E-state index in [1.165, 1.54) is 5.56 Å². The van der Waals surface area contributed by atoms with Gasteiger partial charge >= 0.3 is 6.03 Å². The van der Waals surface area contributed by atoms with E-state index >= 15 is 0 Å². The summed E-state index contributed by atoms with van der Waals surface area (Å²) in [7, 11) is 0. The van der Waals surface area contributed by atoms with Gasteiger partial charge in [0.25, 0.3) is 0 Å². The molecule has 0 aliphatic carbocycles. The van der Waals surface area contributed by atoms with Gasteiger partial charge in [0.2, 0.25) is 5.91 Å². The van der Waals surface area contributed by atoms with Crippen LogP contribution in [0, 0.1) is 6.92 Å². The van der Waals surface area contributed by atoms with Gasteiger partial charge in [-0.15, -0.1) is 0 Å². The fourth-order valence-corrected chi connectivity index (χ4v) is 3.25. The maximum absolute atomic E-state index is 13.3. The Morgan fingerprint density at radius 3 is 2.32 bits per heavy atom. The molecule has 1 heterocycles.